The number of nitrogens with zero attached hydrogens (tertiary/aromatic N) is 3. The molecule has 5 rings (SSSR count). The highest BCUT2D eigenvalue weighted by Crippen LogP contribution is 2.66. The van der Waals surface area contributed by atoms with Crippen LogP contribution in [0.5, 0.6) is 0 Å². The Kier molecular flexibility index (Phi) is 4.72. The number of fused-ring (bicyclic) bond motifs is 1. The predicted molar refractivity (Wildman–Crippen MR) is 116 cm³/mol. The molecule has 1 aromatic rings. The van der Waals surface area contributed by atoms with Crippen molar-refractivity contribution in [1.29, 1.82) is 0 Å². The second-order valence-electron chi connectivity index (χ2n) is 10.1. The number of anilines is 2. The third-order valence-corrected chi connectivity index (χ3v) is 8.70. The molecule has 29 heavy (non-hydrogen) atoms. The highest BCUT2D eigenvalue weighted by molar-refractivity contribution is 5.69. The van der Waals surface area contributed by atoms with E-state index in [-0.39, 0.29) is 16.7 Å². The lowest BCUT2D eigenvalue weighted by Gasteiger charge is -2.50. The fourth-order valence-corrected chi connectivity index (χ4v) is 7.25. The molecule has 5 atom stereocenters. The molecule has 2 bridgehead atoms. The van der Waals surface area contributed by atoms with Crippen LogP contribution in [0.4, 0.5) is 17.1 Å². The Labute approximate surface area is 173 Å². The second kappa shape index (κ2) is 7.15. The van der Waals surface area contributed by atoms with Crippen molar-refractivity contribution < 1.29 is 4.92 Å². The smallest absolute Gasteiger partial charge is 0.292 e. The van der Waals surface area contributed by atoms with Crippen molar-refractivity contribution in [3.63, 3.8) is 0 Å². The fourth-order valence-electron chi connectivity index (χ4n) is 7.25. The molecule has 1 aromatic carbocycles. The number of nitro benzene ring substituents is 1. The summed E-state index contributed by atoms with van der Waals surface area (Å²) in [4.78, 5) is 16.2. The molecule has 0 amide bonds. The quantitative estimate of drug-likeness (QED) is 0.590. The molecule has 6 heteroatoms. The van der Waals surface area contributed by atoms with Crippen LogP contribution < -0.4 is 10.2 Å². The summed E-state index contributed by atoms with van der Waals surface area (Å²) in [6.45, 7) is 6.29. The zero-order valence-corrected chi connectivity index (χ0v) is 17.8. The van der Waals surface area contributed by atoms with Gasteiger partial charge in [0, 0.05) is 44.0 Å². The van der Waals surface area contributed by atoms with Crippen molar-refractivity contribution in [1.82, 2.24) is 4.90 Å². The molecule has 1 heterocycles. The Hall–Kier alpha value is -1.82. The van der Waals surface area contributed by atoms with Crippen molar-refractivity contribution in [2.45, 2.75) is 51.5 Å². The van der Waals surface area contributed by atoms with Gasteiger partial charge < -0.3 is 15.1 Å². The zero-order chi connectivity index (χ0) is 20.2. The van der Waals surface area contributed by atoms with Crippen molar-refractivity contribution in [2.24, 2.45) is 23.2 Å². The van der Waals surface area contributed by atoms with Gasteiger partial charge in [0.1, 0.15) is 5.69 Å². The maximum Gasteiger partial charge on any atom is 0.292 e. The lowest BCUT2D eigenvalue weighted by molar-refractivity contribution is -0.384. The number of piperazine rings is 1. The zero-order valence-electron chi connectivity index (χ0n) is 17.8. The highest BCUT2D eigenvalue weighted by atomic mass is 16.6. The van der Waals surface area contributed by atoms with Gasteiger partial charge >= 0.3 is 0 Å². The van der Waals surface area contributed by atoms with E-state index in [1.807, 2.05) is 12.1 Å². The SMILES string of the molecule is C[C@H](Nc1cc(N2CCN(C)CC2)ccc1[N+](=O)[O-])[C@@]12CCC[C@@H]3C[C@H](C[C@@H]31)C2. The summed E-state index contributed by atoms with van der Waals surface area (Å²) in [7, 11) is 2.15. The number of hydrogen-bond donors (Lipinski definition) is 1. The summed E-state index contributed by atoms with van der Waals surface area (Å²) in [6, 6.07) is 5.93. The van der Waals surface area contributed by atoms with E-state index in [1.165, 1.54) is 38.5 Å². The van der Waals surface area contributed by atoms with Gasteiger partial charge in [-0.25, -0.2) is 0 Å². The van der Waals surface area contributed by atoms with Gasteiger partial charge in [-0.05, 0) is 75.0 Å². The van der Waals surface area contributed by atoms with Crippen LogP contribution in [0.1, 0.15) is 45.4 Å². The van der Waals surface area contributed by atoms with Gasteiger partial charge in [-0.2, -0.15) is 0 Å². The summed E-state index contributed by atoms with van der Waals surface area (Å²) in [5.74, 6) is 2.61. The Morgan fingerprint density at radius 2 is 2.03 bits per heavy atom. The average Bonchev–Trinajstić information content (AvgIpc) is 3.28. The van der Waals surface area contributed by atoms with Gasteiger partial charge in [0.2, 0.25) is 0 Å². The van der Waals surface area contributed by atoms with Crippen LogP contribution in [0.25, 0.3) is 0 Å². The van der Waals surface area contributed by atoms with E-state index in [4.69, 9.17) is 0 Å². The van der Waals surface area contributed by atoms with Crippen LogP contribution in [0, 0.1) is 33.3 Å². The molecular weight excluding hydrogens is 364 g/mol. The van der Waals surface area contributed by atoms with Crippen molar-refractivity contribution in [3.8, 4) is 0 Å². The maximum absolute atomic E-state index is 11.7. The van der Waals surface area contributed by atoms with E-state index in [2.05, 4.69) is 29.1 Å². The lowest BCUT2D eigenvalue weighted by Crippen LogP contribution is -2.47. The van der Waals surface area contributed by atoms with E-state index in [1.54, 1.807) is 6.07 Å². The summed E-state index contributed by atoms with van der Waals surface area (Å²) in [6.07, 6.45) is 8.13. The monoisotopic (exact) mass is 398 g/mol. The molecule has 1 N–H and O–H groups in total. The number of benzene rings is 1. The number of rotatable bonds is 5. The first kappa shape index (κ1) is 19.2. The summed E-state index contributed by atoms with van der Waals surface area (Å²) < 4.78 is 0. The molecule has 0 aromatic heterocycles. The van der Waals surface area contributed by atoms with Crippen molar-refractivity contribution >= 4 is 17.1 Å². The summed E-state index contributed by atoms with van der Waals surface area (Å²) in [5.41, 5.74) is 2.36. The van der Waals surface area contributed by atoms with Gasteiger partial charge in [-0.15, -0.1) is 0 Å². The molecule has 158 valence electrons. The van der Waals surface area contributed by atoms with Crippen LogP contribution in [-0.4, -0.2) is 49.1 Å². The molecule has 1 saturated heterocycles. The lowest BCUT2D eigenvalue weighted by atomic mass is 9.58. The Morgan fingerprint density at radius 3 is 2.76 bits per heavy atom. The number of likely N-dealkylation sites (N-methyl/N-ethyl adjacent to an activating group) is 1. The van der Waals surface area contributed by atoms with Crippen LogP contribution >= 0.6 is 0 Å². The van der Waals surface area contributed by atoms with E-state index in [0.717, 1.165) is 49.6 Å². The Bertz CT molecular complexity index is 791. The number of hydrogen-bond acceptors (Lipinski definition) is 5. The van der Waals surface area contributed by atoms with Crippen LogP contribution in [0.3, 0.4) is 0 Å². The first-order valence-electron chi connectivity index (χ1n) is 11.4. The van der Waals surface area contributed by atoms with Crippen LogP contribution in [0.15, 0.2) is 18.2 Å². The van der Waals surface area contributed by atoms with Gasteiger partial charge in [0.05, 0.1) is 4.92 Å². The van der Waals surface area contributed by atoms with E-state index in [9.17, 15) is 10.1 Å². The van der Waals surface area contributed by atoms with E-state index < -0.39 is 0 Å². The minimum atomic E-state index is -0.231. The normalized spacial score (nSPS) is 35.0. The van der Waals surface area contributed by atoms with Crippen LogP contribution in [-0.2, 0) is 0 Å². The second-order valence-corrected chi connectivity index (χ2v) is 10.1. The first-order valence-corrected chi connectivity index (χ1v) is 11.4. The molecule has 3 aliphatic carbocycles. The summed E-state index contributed by atoms with van der Waals surface area (Å²) >= 11 is 0. The number of nitro groups is 1. The molecule has 0 radical (unpaired) electrons. The van der Waals surface area contributed by atoms with Crippen molar-refractivity contribution in [3.05, 3.63) is 28.3 Å². The molecule has 3 saturated carbocycles. The van der Waals surface area contributed by atoms with E-state index >= 15 is 0 Å². The molecule has 4 fully saturated rings. The van der Waals surface area contributed by atoms with Gasteiger partial charge in [-0.3, -0.25) is 10.1 Å². The maximum atomic E-state index is 11.7. The number of nitrogens with one attached hydrogen (secondary N) is 1. The van der Waals surface area contributed by atoms with Crippen LogP contribution in [0.2, 0.25) is 0 Å². The molecule has 4 aliphatic rings. The standard InChI is InChI=1S/C23H34N4O2/c1-16(23-7-3-4-18-12-17(15-23)13-20(18)23)24-21-14-19(5-6-22(21)27(28)29)26-10-8-25(2)9-11-26/h5-6,14,16-18,20,24H,3-4,7-13,15H2,1-2H3/t16-,17+,18+,20-,23-/m0/s1. The van der Waals surface area contributed by atoms with Crippen molar-refractivity contribution in [2.75, 3.05) is 43.4 Å². The molecule has 1 aliphatic heterocycles. The molecule has 0 spiro atoms. The molecule has 6 nitrogen and oxygen atoms in total. The Balaban J connectivity index is 1.41. The van der Waals surface area contributed by atoms with E-state index in [0.29, 0.717) is 11.1 Å². The first-order chi connectivity index (χ1) is 14.0. The van der Waals surface area contributed by atoms with Gasteiger partial charge in [0.15, 0.2) is 0 Å². The molecule has 0 unspecified atom stereocenters. The largest absolute Gasteiger partial charge is 0.376 e. The third kappa shape index (κ3) is 3.20. The predicted octanol–water partition coefficient (Wildman–Crippen LogP) is 4.36. The highest BCUT2D eigenvalue weighted by Gasteiger charge is 2.59. The average molecular weight is 399 g/mol. The third-order valence-electron chi connectivity index (χ3n) is 8.70. The van der Waals surface area contributed by atoms with Gasteiger partial charge in [-0.1, -0.05) is 12.8 Å². The van der Waals surface area contributed by atoms with Gasteiger partial charge in [0.25, 0.3) is 5.69 Å². The topological polar surface area (TPSA) is 61.6 Å². The summed E-state index contributed by atoms with van der Waals surface area (Å²) in [5, 5.41) is 15.4. The Morgan fingerprint density at radius 1 is 1.24 bits per heavy atom. The molecular formula is C23H34N4O2. The minimum absolute atomic E-state index is 0.210. The minimum Gasteiger partial charge on any atom is -0.376 e. The fraction of sp³-hybridized carbons (Fsp3) is 0.739.